The van der Waals surface area contributed by atoms with Gasteiger partial charge >= 0.3 is 0 Å². The molecule has 3 heteroatoms. The van der Waals surface area contributed by atoms with Gasteiger partial charge in [0.15, 0.2) is 0 Å². The number of carbonyl (C=O) groups excluding carboxylic acids is 1. The molecule has 0 saturated heterocycles. The third kappa shape index (κ3) is 2.83. The lowest BCUT2D eigenvalue weighted by atomic mass is 9.95. The maximum atomic E-state index is 11.8. The van der Waals surface area contributed by atoms with E-state index >= 15 is 0 Å². The summed E-state index contributed by atoms with van der Waals surface area (Å²) >= 11 is 0. The lowest BCUT2D eigenvalue weighted by Gasteiger charge is -2.18. The fourth-order valence-electron chi connectivity index (χ4n) is 1.07. The molecule has 1 aromatic carbocycles. The fraction of sp³-hybridized carbons (Fsp3) is 0.308. The van der Waals surface area contributed by atoms with Gasteiger partial charge in [-0.05, 0) is 24.6 Å². The van der Waals surface area contributed by atoms with E-state index in [1.807, 2.05) is 26.8 Å². The highest BCUT2D eigenvalue weighted by Gasteiger charge is 2.21. The summed E-state index contributed by atoms with van der Waals surface area (Å²) in [5.41, 5.74) is 1.35. The van der Waals surface area contributed by atoms with Gasteiger partial charge in [-0.15, -0.1) is 0 Å². The highest BCUT2D eigenvalue weighted by Crippen LogP contribution is 2.21. The van der Waals surface area contributed by atoms with Gasteiger partial charge in [0.05, 0.1) is 11.6 Å². The Labute approximate surface area is 96.1 Å². The zero-order valence-electron chi connectivity index (χ0n) is 9.79. The third-order valence-electron chi connectivity index (χ3n) is 2.17. The molecule has 1 rings (SSSR count). The average molecular weight is 215 g/mol. The number of amides is 1. The summed E-state index contributed by atoms with van der Waals surface area (Å²) in [5.74, 6) is -0.0903. The monoisotopic (exact) mass is 215 g/mol. The number of nitrogens with zero attached hydrogens (tertiary/aromatic N) is 1. The molecule has 1 radical (unpaired) electrons. The van der Waals surface area contributed by atoms with Crippen LogP contribution in [0.4, 0.5) is 5.69 Å². The molecule has 0 aromatic heterocycles. The van der Waals surface area contributed by atoms with Gasteiger partial charge < -0.3 is 5.32 Å². The topological polar surface area (TPSA) is 52.9 Å². The molecule has 0 unspecified atom stereocenters. The molecule has 0 aliphatic carbocycles. The van der Waals surface area contributed by atoms with Crippen LogP contribution in [0, 0.1) is 23.7 Å². The standard InChI is InChI=1S/C13H15N2O/c1-9-5-6-10(8-14)7-11(9)15-12(16)13(2,3)4/h5-7H,1H2,2-4H3,(H,15,16). The number of nitrogens with one attached hydrogen (secondary N) is 1. The summed E-state index contributed by atoms with van der Waals surface area (Å²) in [7, 11) is 0. The van der Waals surface area contributed by atoms with E-state index in [0.717, 1.165) is 0 Å². The van der Waals surface area contributed by atoms with E-state index in [2.05, 4.69) is 12.2 Å². The maximum Gasteiger partial charge on any atom is 0.229 e. The molecule has 0 bridgehead atoms. The van der Waals surface area contributed by atoms with Crippen molar-refractivity contribution in [3.05, 3.63) is 36.2 Å². The van der Waals surface area contributed by atoms with Gasteiger partial charge in [-0.25, -0.2) is 0 Å². The molecular weight excluding hydrogens is 200 g/mol. The van der Waals surface area contributed by atoms with E-state index in [4.69, 9.17) is 5.26 Å². The molecule has 0 saturated carbocycles. The van der Waals surface area contributed by atoms with Crippen molar-refractivity contribution in [3.63, 3.8) is 0 Å². The smallest absolute Gasteiger partial charge is 0.229 e. The second kappa shape index (κ2) is 4.36. The Morgan fingerprint density at radius 1 is 1.44 bits per heavy atom. The largest absolute Gasteiger partial charge is 0.325 e. The molecule has 0 aliphatic rings. The first-order valence-corrected chi connectivity index (χ1v) is 5.02. The van der Waals surface area contributed by atoms with Crippen LogP contribution in [-0.4, -0.2) is 5.91 Å². The van der Waals surface area contributed by atoms with Gasteiger partial charge in [0.1, 0.15) is 0 Å². The molecule has 0 fully saturated rings. The van der Waals surface area contributed by atoms with Crippen LogP contribution in [0.1, 0.15) is 31.9 Å². The average Bonchev–Trinajstić information content (AvgIpc) is 2.19. The van der Waals surface area contributed by atoms with Crippen LogP contribution in [0.3, 0.4) is 0 Å². The number of hydrogen-bond acceptors (Lipinski definition) is 2. The van der Waals surface area contributed by atoms with Crippen LogP contribution in [0.15, 0.2) is 18.2 Å². The second-order valence-corrected chi connectivity index (χ2v) is 4.69. The Hall–Kier alpha value is -1.82. The van der Waals surface area contributed by atoms with E-state index in [1.165, 1.54) is 0 Å². The van der Waals surface area contributed by atoms with Crippen LogP contribution in [0.5, 0.6) is 0 Å². The first kappa shape index (κ1) is 12.3. The first-order chi connectivity index (χ1) is 7.34. The highest BCUT2D eigenvalue weighted by atomic mass is 16.2. The van der Waals surface area contributed by atoms with E-state index in [9.17, 15) is 4.79 Å². The minimum absolute atomic E-state index is 0.0903. The van der Waals surface area contributed by atoms with Crippen molar-refractivity contribution in [2.45, 2.75) is 20.8 Å². The molecule has 0 atom stereocenters. The zero-order valence-corrected chi connectivity index (χ0v) is 9.79. The summed E-state index contributed by atoms with van der Waals surface area (Å²) < 4.78 is 0. The number of anilines is 1. The SMILES string of the molecule is [CH2]c1ccc(C#N)cc1NC(=O)C(C)(C)C. The van der Waals surface area contributed by atoms with Gasteiger partial charge in [0.25, 0.3) is 0 Å². The Balaban J connectivity index is 2.98. The van der Waals surface area contributed by atoms with Gasteiger partial charge in [-0.2, -0.15) is 5.26 Å². The van der Waals surface area contributed by atoms with Crippen LogP contribution < -0.4 is 5.32 Å². The molecule has 1 N–H and O–H groups in total. The molecule has 16 heavy (non-hydrogen) atoms. The minimum atomic E-state index is -0.463. The quantitative estimate of drug-likeness (QED) is 0.783. The third-order valence-corrected chi connectivity index (χ3v) is 2.17. The van der Waals surface area contributed by atoms with Crippen molar-refractivity contribution in [1.82, 2.24) is 0 Å². The van der Waals surface area contributed by atoms with Crippen LogP contribution in [-0.2, 0) is 4.79 Å². The lowest BCUT2D eigenvalue weighted by molar-refractivity contribution is -0.123. The van der Waals surface area contributed by atoms with Crippen molar-refractivity contribution < 1.29 is 4.79 Å². The Kier molecular flexibility index (Phi) is 3.34. The summed E-state index contributed by atoms with van der Waals surface area (Å²) in [6, 6.07) is 7.05. The molecule has 1 amide bonds. The van der Waals surface area contributed by atoms with E-state index in [0.29, 0.717) is 16.8 Å². The first-order valence-electron chi connectivity index (χ1n) is 5.02. The minimum Gasteiger partial charge on any atom is -0.325 e. The molecule has 1 aromatic rings. The van der Waals surface area contributed by atoms with Crippen molar-refractivity contribution in [2.24, 2.45) is 5.41 Å². The van der Waals surface area contributed by atoms with Gasteiger partial charge in [-0.3, -0.25) is 4.79 Å². The Morgan fingerprint density at radius 2 is 2.06 bits per heavy atom. The Bertz CT molecular complexity index is 450. The lowest BCUT2D eigenvalue weighted by Crippen LogP contribution is -2.27. The van der Waals surface area contributed by atoms with Crippen molar-refractivity contribution in [3.8, 4) is 6.07 Å². The molecular formula is C13H15N2O. The molecule has 0 spiro atoms. The summed E-state index contributed by atoms with van der Waals surface area (Å²) in [6.45, 7) is 9.30. The van der Waals surface area contributed by atoms with Crippen LogP contribution in [0.25, 0.3) is 0 Å². The van der Waals surface area contributed by atoms with Crippen molar-refractivity contribution in [2.75, 3.05) is 5.32 Å². The van der Waals surface area contributed by atoms with Crippen LogP contribution in [0.2, 0.25) is 0 Å². The highest BCUT2D eigenvalue weighted by molar-refractivity contribution is 5.95. The zero-order chi connectivity index (χ0) is 12.3. The summed E-state index contributed by atoms with van der Waals surface area (Å²) in [4.78, 5) is 11.8. The molecule has 83 valence electrons. The number of hydrogen-bond donors (Lipinski definition) is 1. The molecule has 3 nitrogen and oxygen atoms in total. The van der Waals surface area contributed by atoms with Gasteiger partial charge in [0, 0.05) is 11.1 Å². The summed E-state index contributed by atoms with van der Waals surface area (Å²) in [6.07, 6.45) is 0. The maximum absolute atomic E-state index is 11.8. The van der Waals surface area contributed by atoms with E-state index in [1.54, 1.807) is 18.2 Å². The fourth-order valence-corrected chi connectivity index (χ4v) is 1.07. The van der Waals surface area contributed by atoms with Crippen molar-refractivity contribution >= 4 is 11.6 Å². The normalized spacial score (nSPS) is 10.7. The second-order valence-electron chi connectivity index (χ2n) is 4.69. The van der Waals surface area contributed by atoms with Crippen LogP contribution >= 0.6 is 0 Å². The van der Waals surface area contributed by atoms with E-state index in [-0.39, 0.29) is 5.91 Å². The number of rotatable bonds is 1. The van der Waals surface area contributed by atoms with Crippen molar-refractivity contribution in [1.29, 1.82) is 5.26 Å². The predicted molar refractivity (Wildman–Crippen MR) is 63.7 cm³/mol. The number of nitriles is 1. The summed E-state index contributed by atoms with van der Waals surface area (Å²) in [5, 5.41) is 11.5. The van der Waals surface area contributed by atoms with Gasteiger partial charge in [0.2, 0.25) is 5.91 Å². The Morgan fingerprint density at radius 3 is 2.56 bits per heavy atom. The molecule has 0 heterocycles. The predicted octanol–water partition coefficient (Wildman–Crippen LogP) is 2.73. The number of benzene rings is 1. The number of carbonyl (C=O) groups is 1. The van der Waals surface area contributed by atoms with E-state index < -0.39 is 5.41 Å². The van der Waals surface area contributed by atoms with Gasteiger partial charge in [-0.1, -0.05) is 26.8 Å². The molecule has 0 aliphatic heterocycles.